The van der Waals surface area contributed by atoms with Crippen LogP contribution >= 0.6 is 0 Å². The summed E-state index contributed by atoms with van der Waals surface area (Å²) in [6, 6.07) is 6.80. The normalized spacial score (nSPS) is 15.2. The van der Waals surface area contributed by atoms with Crippen LogP contribution in [0.15, 0.2) is 24.3 Å². The Morgan fingerprint density at radius 1 is 1.00 bits per heavy atom. The fraction of sp³-hybridized carbons (Fsp3) is 0. The molecule has 1 aromatic carbocycles. The van der Waals surface area contributed by atoms with Crippen LogP contribution in [0.1, 0.15) is 20.7 Å². The molecule has 1 aliphatic heterocycles. The molecular formula is C8H5NO2Se. The van der Waals surface area contributed by atoms with Crippen molar-refractivity contribution in [2.24, 2.45) is 0 Å². The number of amides is 2. The van der Waals surface area contributed by atoms with E-state index in [2.05, 4.69) is 0 Å². The van der Waals surface area contributed by atoms with E-state index in [1.54, 1.807) is 24.3 Å². The summed E-state index contributed by atoms with van der Waals surface area (Å²) in [6.45, 7) is 0. The van der Waals surface area contributed by atoms with Crippen LogP contribution in [0.2, 0.25) is 0 Å². The van der Waals surface area contributed by atoms with Crippen LogP contribution in [0.3, 0.4) is 0 Å². The molecule has 1 aliphatic rings. The quantitative estimate of drug-likeness (QED) is 0.464. The number of fused-ring (bicyclic) bond motifs is 1. The van der Waals surface area contributed by atoms with Gasteiger partial charge in [0.25, 0.3) is 0 Å². The van der Waals surface area contributed by atoms with Gasteiger partial charge in [-0.25, -0.2) is 0 Å². The van der Waals surface area contributed by atoms with E-state index in [1.165, 1.54) is 0 Å². The van der Waals surface area contributed by atoms with Crippen molar-refractivity contribution in [1.82, 2.24) is 3.92 Å². The van der Waals surface area contributed by atoms with Crippen LogP contribution in [0.4, 0.5) is 0 Å². The maximum atomic E-state index is 11.3. The summed E-state index contributed by atoms with van der Waals surface area (Å²) in [7, 11) is 0. The summed E-state index contributed by atoms with van der Waals surface area (Å²) in [5.41, 5.74) is 0.978. The fourth-order valence-corrected chi connectivity index (χ4v) is 1.63. The first-order chi connectivity index (χ1) is 5.72. The number of benzene rings is 1. The first-order valence-corrected chi connectivity index (χ1v) is 4.22. The summed E-state index contributed by atoms with van der Waals surface area (Å²) >= 11 is 1.96. The van der Waals surface area contributed by atoms with E-state index >= 15 is 0 Å². The van der Waals surface area contributed by atoms with Crippen molar-refractivity contribution in [2.75, 3.05) is 0 Å². The molecule has 2 rings (SSSR count). The van der Waals surface area contributed by atoms with Gasteiger partial charge in [-0.2, -0.15) is 0 Å². The molecule has 0 N–H and O–H groups in total. The van der Waals surface area contributed by atoms with Gasteiger partial charge in [-0.3, -0.25) is 0 Å². The standard InChI is InChI=1S/C8H5NO2Se/c10-7-5-3-1-2-4-6(5)8(11)9(7)12/h1-4,12H. The van der Waals surface area contributed by atoms with E-state index < -0.39 is 0 Å². The van der Waals surface area contributed by atoms with Gasteiger partial charge in [0, 0.05) is 0 Å². The first kappa shape index (κ1) is 7.52. The second-order valence-electron chi connectivity index (χ2n) is 2.47. The number of carbonyl (C=O) groups excluding carboxylic acids is 2. The molecule has 0 bridgehead atoms. The second-order valence-corrected chi connectivity index (χ2v) is 3.31. The average molecular weight is 226 g/mol. The maximum absolute atomic E-state index is 11.3. The number of rotatable bonds is 0. The van der Waals surface area contributed by atoms with Gasteiger partial charge in [0.15, 0.2) is 0 Å². The topological polar surface area (TPSA) is 37.4 Å². The molecule has 1 heterocycles. The number of carbonyl (C=O) groups is 2. The zero-order chi connectivity index (χ0) is 8.72. The van der Waals surface area contributed by atoms with Crippen molar-refractivity contribution in [3.05, 3.63) is 35.4 Å². The van der Waals surface area contributed by atoms with Crippen LogP contribution in [0.25, 0.3) is 0 Å². The number of hydrogen-bond acceptors (Lipinski definition) is 2. The van der Waals surface area contributed by atoms with Gasteiger partial charge >= 0.3 is 76.9 Å². The number of imide groups is 1. The summed E-state index contributed by atoms with van der Waals surface area (Å²) in [4.78, 5) is 22.6. The molecular weight excluding hydrogens is 221 g/mol. The van der Waals surface area contributed by atoms with Gasteiger partial charge in [-0.15, -0.1) is 0 Å². The Hall–Kier alpha value is -1.12. The second kappa shape index (κ2) is 2.44. The van der Waals surface area contributed by atoms with Gasteiger partial charge in [0.05, 0.1) is 0 Å². The minimum absolute atomic E-state index is 0.240. The van der Waals surface area contributed by atoms with Crippen molar-refractivity contribution in [3.63, 3.8) is 0 Å². The van der Waals surface area contributed by atoms with E-state index in [9.17, 15) is 9.59 Å². The molecule has 12 heavy (non-hydrogen) atoms. The van der Waals surface area contributed by atoms with Crippen LogP contribution in [-0.2, 0) is 0 Å². The van der Waals surface area contributed by atoms with Crippen molar-refractivity contribution in [3.8, 4) is 0 Å². The number of hydrogen-bond donors (Lipinski definition) is 0. The van der Waals surface area contributed by atoms with Crippen LogP contribution in [0, 0.1) is 0 Å². The van der Waals surface area contributed by atoms with Gasteiger partial charge in [-0.05, 0) is 0 Å². The molecule has 0 aromatic heterocycles. The SMILES string of the molecule is O=C1c2ccccc2C(=O)N1[SeH]. The average Bonchev–Trinajstić information content (AvgIpc) is 2.33. The summed E-state index contributed by atoms with van der Waals surface area (Å²) in [5, 5.41) is 0. The van der Waals surface area contributed by atoms with E-state index in [0.29, 0.717) is 11.1 Å². The molecule has 2 amide bonds. The molecule has 0 spiro atoms. The van der Waals surface area contributed by atoms with Gasteiger partial charge in [0.1, 0.15) is 0 Å². The van der Waals surface area contributed by atoms with Crippen molar-refractivity contribution in [2.45, 2.75) is 0 Å². The first-order valence-electron chi connectivity index (χ1n) is 3.38. The van der Waals surface area contributed by atoms with Gasteiger partial charge in [-0.1, -0.05) is 0 Å². The van der Waals surface area contributed by atoms with Crippen molar-refractivity contribution >= 4 is 28.0 Å². The van der Waals surface area contributed by atoms with Crippen LogP contribution < -0.4 is 0 Å². The Labute approximate surface area is 77.4 Å². The van der Waals surface area contributed by atoms with Crippen LogP contribution in [-0.4, -0.2) is 32.0 Å². The van der Waals surface area contributed by atoms with Gasteiger partial charge in [0.2, 0.25) is 0 Å². The molecule has 0 saturated heterocycles. The molecule has 0 atom stereocenters. The predicted molar refractivity (Wildman–Crippen MR) is 44.1 cm³/mol. The fourth-order valence-electron chi connectivity index (χ4n) is 1.18. The van der Waals surface area contributed by atoms with Crippen LogP contribution in [0.5, 0.6) is 0 Å². The van der Waals surface area contributed by atoms with E-state index in [4.69, 9.17) is 0 Å². The predicted octanol–water partition coefficient (Wildman–Crippen LogP) is 0.0984. The zero-order valence-electron chi connectivity index (χ0n) is 6.02. The van der Waals surface area contributed by atoms with E-state index in [-0.39, 0.29) is 11.8 Å². The Bertz CT molecular complexity index is 340. The third kappa shape index (κ3) is 0.823. The molecule has 0 fully saturated rings. The van der Waals surface area contributed by atoms with Gasteiger partial charge < -0.3 is 0 Å². The van der Waals surface area contributed by atoms with Crippen molar-refractivity contribution < 1.29 is 9.59 Å². The summed E-state index contributed by atoms with van der Waals surface area (Å²) in [5.74, 6) is -0.480. The molecule has 4 heteroatoms. The number of nitrogens with zero attached hydrogens (tertiary/aromatic N) is 1. The third-order valence-corrected chi connectivity index (χ3v) is 2.53. The Morgan fingerprint density at radius 2 is 1.42 bits per heavy atom. The van der Waals surface area contributed by atoms with E-state index in [0.717, 1.165) is 3.92 Å². The molecule has 3 nitrogen and oxygen atoms in total. The van der Waals surface area contributed by atoms with Crippen molar-refractivity contribution in [1.29, 1.82) is 0 Å². The molecule has 0 unspecified atom stereocenters. The Morgan fingerprint density at radius 3 is 1.83 bits per heavy atom. The summed E-state index contributed by atoms with van der Waals surface area (Å²) in [6.07, 6.45) is 0. The molecule has 1 aromatic rings. The monoisotopic (exact) mass is 227 g/mol. The summed E-state index contributed by atoms with van der Waals surface area (Å²) < 4.78 is 1.07. The molecule has 0 radical (unpaired) electrons. The van der Waals surface area contributed by atoms with E-state index in [1.807, 2.05) is 16.2 Å². The molecule has 0 aliphatic carbocycles. The third-order valence-electron chi connectivity index (χ3n) is 1.77. The Kier molecular flexibility index (Phi) is 1.53. The molecule has 60 valence electrons. The minimum atomic E-state index is -0.240. The molecule has 0 saturated carbocycles. The zero-order valence-corrected chi connectivity index (χ0v) is 7.90. The Balaban J connectivity index is 2.67.